The lowest BCUT2D eigenvalue weighted by Gasteiger charge is -2.00. The van der Waals surface area contributed by atoms with Crippen LogP contribution in [-0.4, -0.2) is 23.2 Å². The first-order valence-corrected chi connectivity index (χ1v) is 4.78. The molecule has 0 saturated carbocycles. The molecule has 0 radical (unpaired) electrons. The van der Waals surface area contributed by atoms with Crippen LogP contribution >= 0.6 is 11.3 Å². The molecule has 0 aliphatic carbocycles. The normalized spacial score (nSPS) is 12.5. The molecule has 0 amide bonds. The first-order valence-electron chi connectivity index (χ1n) is 3.90. The number of hydrogen-bond acceptors (Lipinski definition) is 5. The van der Waals surface area contributed by atoms with E-state index in [9.17, 15) is 9.90 Å². The van der Waals surface area contributed by atoms with Crippen LogP contribution in [-0.2, 0) is 4.74 Å². The number of thiazole rings is 1. The first kappa shape index (κ1) is 10.1. The third kappa shape index (κ3) is 2.26. The molecule has 0 aromatic carbocycles. The molecule has 1 heterocycles. The summed E-state index contributed by atoms with van der Waals surface area (Å²) in [5, 5.41) is 11.5. The first-order chi connectivity index (χ1) is 6.19. The molecular formula is C8H11NO3S. The molecule has 1 rings (SSSR count). The Kier molecular flexibility index (Phi) is 3.39. The second kappa shape index (κ2) is 4.34. The van der Waals surface area contributed by atoms with Crippen LogP contribution in [0.5, 0.6) is 0 Å². The van der Waals surface area contributed by atoms with Crippen molar-refractivity contribution in [2.45, 2.75) is 19.4 Å². The predicted molar refractivity (Wildman–Crippen MR) is 48.7 cm³/mol. The smallest absolute Gasteiger partial charge is 0.357 e. The van der Waals surface area contributed by atoms with Gasteiger partial charge < -0.3 is 9.84 Å². The molecule has 0 aliphatic rings. The van der Waals surface area contributed by atoms with Gasteiger partial charge in [-0.3, -0.25) is 0 Å². The van der Waals surface area contributed by atoms with Crippen molar-refractivity contribution in [2.75, 3.05) is 7.11 Å². The number of ether oxygens (including phenoxy) is 1. The molecule has 1 N–H and O–H groups in total. The van der Waals surface area contributed by atoms with Crippen molar-refractivity contribution in [3.8, 4) is 0 Å². The summed E-state index contributed by atoms with van der Waals surface area (Å²) in [5.74, 6) is -0.467. The lowest BCUT2D eigenvalue weighted by Crippen LogP contribution is -2.02. The van der Waals surface area contributed by atoms with Crippen molar-refractivity contribution in [3.63, 3.8) is 0 Å². The summed E-state index contributed by atoms with van der Waals surface area (Å²) in [6, 6.07) is 0. The molecule has 0 fully saturated rings. The average molecular weight is 201 g/mol. The van der Waals surface area contributed by atoms with E-state index in [0.717, 1.165) is 0 Å². The zero-order chi connectivity index (χ0) is 9.84. The largest absolute Gasteiger partial charge is 0.464 e. The number of nitrogens with zero attached hydrogens (tertiary/aromatic N) is 1. The van der Waals surface area contributed by atoms with Crippen LogP contribution in [0.4, 0.5) is 0 Å². The zero-order valence-corrected chi connectivity index (χ0v) is 8.30. The van der Waals surface area contributed by atoms with E-state index in [0.29, 0.717) is 11.4 Å². The Morgan fingerprint density at radius 2 is 2.54 bits per heavy atom. The van der Waals surface area contributed by atoms with E-state index in [4.69, 9.17) is 0 Å². The molecule has 4 nitrogen and oxygen atoms in total. The van der Waals surface area contributed by atoms with Crippen LogP contribution in [0.25, 0.3) is 0 Å². The van der Waals surface area contributed by atoms with E-state index >= 15 is 0 Å². The second-order valence-corrected chi connectivity index (χ2v) is 3.38. The predicted octanol–water partition coefficient (Wildman–Crippen LogP) is 1.37. The van der Waals surface area contributed by atoms with E-state index in [-0.39, 0.29) is 5.69 Å². The van der Waals surface area contributed by atoms with Crippen LogP contribution in [0.3, 0.4) is 0 Å². The molecule has 0 bridgehead atoms. The monoisotopic (exact) mass is 201 g/mol. The van der Waals surface area contributed by atoms with E-state index < -0.39 is 12.1 Å². The Labute approximate surface area is 80.2 Å². The highest BCUT2D eigenvalue weighted by Gasteiger charge is 2.14. The zero-order valence-electron chi connectivity index (χ0n) is 7.48. The maximum absolute atomic E-state index is 11.0. The fraction of sp³-hybridized carbons (Fsp3) is 0.500. The van der Waals surface area contributed by atoms with Crippen molar-refractivity contribution in [1.29, 1.82) is 0 Å². The van der Waals surface area contributed by atoms with Gasteiger partial charge in [0.25, 0.3) is 0 Å². The molecule has 0 aliphatic heterocycles. The number of carbonyl (C=O) groups excluding carboxylic acids is 1. The Balaban J connectivity index is 2.80. The van der Waals surface area contributed by atoms with Crippen molar-refractivity contribution >= 4 is 17.3 Å². The van der Waals surface area contributed by atoms with Crippen LogP contribution < -0.4 is 0 Å². The number of aliphatic hydroxyl groups is 1. The Morgan fingerprint density at radius 1 is 1.85 bits per heavy atom. The van der Waals surface area contributed by atoms with Crippen molar-refractivity contribution < 1.29 is 14.6 Å². The minimum Gasteiger partial charge on any atom is -0.464 e. The van der Waals surface area contributed by atoms with Crippen molar-refractivity contribution in [3.05, 3.63) is 16.1 Å². The molecular weight excluding hydrogens is 190 g/mol. The fourth-order valence-electron chi connectivity index (χ4n) is 0.814. The fourth-order valence-corrected chi connectivity index (χ4v) is 1.67. The van der Waals surface area contributed by atoms with Crippen LogP contribution in [0.2, 0.25) is 0 Å². The summed E-state index contributed by atoms with van der Waals surface area (Å²) >= 11 is 1.26. The van der Waals surface area contributed by atoms with Gasteiger partial charge in [0, 0.05) is 5.38 Å². The molecule has 13 heavy (non-hydrogen) atoms. The molecule has 0 saturated heterocycles. The third-order valence-corrected chi connectivity index (χ3v) is 2.53. The van der Waals surface area contributed by atoms with Gasteiger partial charge in [0.2, 0.25) is 0 Å². The van der Waals surface area contributed by atoms with Crippen LogP contribution in [0, 0.1) is 0 Å². The van der Waals surface area contributed by atoms with E-state index in [1.165, 1.54) is 18.4 Å². The van der Waals surface area contributed by atoms with Crippen LogP contribution in [0.15, 0.2) is 5.38 Å². The maximum Gasteiger partial charge on any atom is 0.357 e. The van der Waals surface area contributed by atoms with Gasteiger partial charge >= 0.3 is 5.97 Å². The SMILES string of the molecule is CCC(O)c1nc(C(=O)OC)cs1. The number of aromatic nitrogens is 1. The van der Waals surface area contributed by atoms with E-state index in [1.807, 2.05) is 6.92 Å². The molecule has 5 heteroatoms. The molecule has 1 unspecified atom stereocenters. The van der Waals surface area contributed by atoms with E-state index in [2.05, 4.69) is 9.72 Å². The third-order valence-electron chi connectivity index (χ3n) is 1.59. The maximum atomic E-state index is 11.0. The van der Waals surface area contributed by atoms with Crippen molar-refractivity contribution in [2.24, 2.45) is 0 Å². The number of methoxy groups -OCH3 is 1. The Hall–Kier alpha value is -0.940. The molecule has 0 spiro atoms. The van der Waals surface area contributed by atoms with Gasteiger partial charge in [0.1, 0.15) is 11.1 Å². The summed E-state index contributed by atoms with van der Waals surface area (Å²) in [6.45, 7) is 1.85. The van der Waals surface area contributed by atoms with E-state index in [1.54, 1.807) is 5.38 Å². The van der Waals surface area contributed by atoms with Gasteiger partial charge in [-0.15, -0.1) is 11.3 Å². The Bertz CT molecular complexity index is 297. The summed E-state index contributed by atoms with van der Waals surface area (Å²) in [7, 11) is 1.30. The molecule has 1 aromatic heterocycles. The lowest BCUT2D eigenvalue weighted by molar-refractivity contribution is 0.0594. The lowest BCUT2D eigenvalue weighted by atomic mass is 10.3. The minimum absolute atomic E-state index is 0.259. The topological polar surface area (TPSA) is 59.4 Å². The van der Waals surface area contributed by atoms with Gasteiger partial charge in [-0.05, 0) is 6.42 Å². The summed E-state index contributed by atoms with van der Waals surface area (Å²) in [4.78, 5) is 14.9. The van der Waals surface area contributed by atoms with Gasteiger partial charge in [-0.1, -0.05) is 6.92 Å². The number of esters is 1. The molecule has 1 atom stereocenters. The number of hydrogen-bond donors (Lipinski definition) is 1. The van der Waals surface area contributed by atoms with Crippen LogP contribution in [0.1, 0.15) is 34.9 Å². The van der Waals surface area contributed by atoms with Gasteiger partial charge in [-0.25, -0.2) is 9.78 Å². The minimum atomic E-state index is -0.580. The molecule has 72 valence electrons. The average Bonchev–Trinajstić information content (AvgIpc) is 2.64. The summed E-state index contributed by atoms with van der Waals surface area (Å²) in [6.07, 6.45) is 0.0112. The van der Waals surface area contributed by atoms with Crippen molar-refractivity contribution in [1.82, 2.24) is 4.98 Å². The summed E-state index contributed by atoms with van der Waals surface area (Å²) in [5.41, 5.74) is 0.259. The summed E-state index contributed by atoms with van der Waals surface area (Å²) < 4.78 is 4.49. The highest BCUT2D eigenvalue weighted by molar-refractivity contribution is 7.09. The highest BCUT2D eigenvalue weighted by Crippen LogP contribution is 2.20. The highest BCUT2D eigenvalue weighted by atomic mass is 32.1. The second-order valence-electron chi connectivity index (χ2n) is 2.49. The standard InChI is InChI=1S/C8H11NO3S/c1-3-6(10)7-9-5(4-13-7)8(11)12-2/h4,6,10H,3H2,1-2H3. The molecule has 1 aromatic rings. The number of rotatable bonds is 3. The number of carbonyl (C=O) groups is 1. The van der Waals surface area contributed by atoms with Gasteiger partial charge in [0.05, 0.1) is 7.11 Å². The van der Waals surface area contributed by atoms with Gasteiger partial charge in [-0.2, -0.15) is 0 Å². The quantitative estimate of drug-likeness (QED) is 0.750. The Morgan fingerprint density at radius 3 is 3.08 bits per heavy atom. The van der Waals surface area contributed by atoms with Gasteiger partial charge in [0.15, 0.2) is 5.69 Å². The number of aliphatic hydroxyl groups excluding tert-OH is 1.